The molecule has 7 heteroatoms. The lowest BCUT2D eigenvalue weighted by Gasteiger charge is -2.13. The first-order valence-electron chi connectivity index (χ1n) is 4.57. The van der Waals surface area contributed by atoms with Crippen LogP contribution in [-0.2, 0) is 4.74 Å². The molecule has 2 heterocycles. The first kappa shape index (κ1) is 10.8. The van der Waals surface area contributed by atoms with Crippen molar-refractivity contribution in [3.05, 3.63) is 45.0 Å². The molecule has 2 N–H and O–H groups in total. The lowest BCUT2D eigenvalue weighted by molar-refractivity contribution is -0.0199. The third kappa shape index (κ3) is 1.82. The van der Waals surface area contributed by atoms with Gasteiger partial charge in [0, 0.05) is 12.3 Å². The number of nitrogens with one attached hydrogen (secondary N) is 1. The zero-order chi connectivity index (χ0) is 11.7. The summed E-state index contributed by atoms with van der Waals surface area (Å²) >= 11 is 0. The second-order valence-corrected chi connectivity index (χ2v) is 3.27. The summed E-state index contributed by atoms with van der Waals surface area (Å²) in [5.41, 5.74) is -1.23. The summed E-state index contributed by atoms with van der Waals surface area (Å²) in [5, 5.41) is 8.76. The van der Waals surface area contributed by atoms with Crippen molar-refractivity contribution >= 4 is 0 Å². The quantitative estimate of drug-likeness (QED) is 0.699. The zero-order valence-electron chi connectivity index (χ0n) is 8.09. The standard InChI is InChI=1S/C9H9FN2O4/c10-5-3-8(16-6(5)4-13)12-2-1-7(14)11-9(12)15/h1-3,6,8,13H,4H2,(H,11,14,15)/t6?,8-/m0/s1. The minimum atomic E-state index is -1.05. The van der Waals surface area contributed by atoms with Gasteiger partial charge in [-0.3, -0.25) is 14.3 Å². The molecule has 1 aromatic heterocycles. The summed E-state index contributed by atoms with van der Waals surface area (Å²) in [6.07, 6.45) is 0.279. The van der Waals surface area contributed by atoms with E-state index in [2.05, 4.69) is 0 Å². The van der Waals surface area contributed by atoms with E-state index in [1.54, 1.807) is 0 Å². The van der Waals surface area contributed by atoms with Gasteiger partial charge in [0.1, 0.15) is 11.9 Å². The lowest BCUT2D eigenvalue weighted by Crippen LogP contribution is -2.31. The highest BCUT2D eigenvalue weighted by Gasteiger charge is 2.28. The molecule has 16 heavy (non-hydrogen) atoms. The van der Waals surface area contributed by atoms with Gasteiger partial charge in [0.2, 0.25) is 0 Å². The third-order valence-corrected chi connectivity index (χ3v) is 2.20. The molecule has 0 fully saturated rings. The smallest absolute Gasteiger partial charge is 0.330 e. The van der Waals surface area contributed by atoms with Crippen LogP contribution in [0.25, 0.3) is 0 Å². The summed E-state index contributed by atoms with van der Waals surface area (Å²) < 4.78 is 19.2. The zero-order valence-corrected chi connectivity index (χ0v) is 8.09. The molecular formula is C9H9FN2O4. The predicted octanol–water partition coefficient (Wildman–Crippen LogP) is -0.720. The normalized spacial score (nSPS) is 24.5. The predicted molar refractivity (Wildman–Crippen MR) is 51.5 cm³/mol. The molecule has 1 aliphatic rings. The van der Waals surface area contributed by atoms with Gasteiger partial charge in [0.15, 0.2) is 6.23 Å². The first-order valence-corrected chi connectivity index (χ1v) is 4.57. The van der Waals surface area contributed by atoms with Crippen molar-refractivity contribution in [2.45, 2.75) is 12.3 Å². The summed E-state index contributed by atoms with van der Waals surface area (Å²) in [6, 6.07) is 1.13. The molecule has 2 atom stereocenters. The maximum atomic E-state index is 13.1. The molecule has 1 aromatic rings. The number of aromatic amines is 1. The van der Waals surface area contributed by atoms with Crippen molar-refractivity contribution in [3.63, 3.8) is 0 Å². The third-order valence-electron chi connectivity index (χ3n) is 2.20. The number of rotatable bonds is 2. The fraction of sp³-hybridized carbons (Fsp3) is 0.333. The van der Waals surface area contributed by atoms with Crippen LogP contribution in [0.2, 0.25) is 0 Å². The Bertz CT molecular complexity index is 533. The Morgan fingerprint density at radius 2 is 2.31 bits per heavy atom. The van der Waals surface area contributed by atoms with Gasteiger partial charge < -0.3 is 9.84 Å². The van der Waals surface area contributed by atoms with E-state index in [0.29, 0.717) is 0 Å². The lowest BCUT2D eigenvalue weighted by atomic mass is 10.3. The van der Waals surface area contributed by atoms with Crippen LogP contribution in [0.15, 0.2) is 33.8 Å². The second-order valence-electron chi connectivity index (χ2n) is 3.27. The van der Waals surface area contributed by atoms with E-state index in [1.807, 2.05) is 4.98 Å². The molecule has 0 amide bonds. The Kier molecular flexibility index (Phi) is 2.71. The van der Waals surface area contributed by atoms with Gasteiger partial charge in [-0.15, -0.1) is 0 Å². The van der Waals surface area contributed by atoms with Gasteiger partial charge in [0.05, 0.1) is 6.61 Å². The Balaban J connectivity index is 2.34. The van der Waals surface area contributed by atoms with Crippen molar-refractivity contribution in [2.24, 2.45) is 0 Å². The van der Waals surface area contributed by atoms with Crippen LogP contribution in [0.1, 0.15) is 6.23 Å². The minimum Gasteiger partial charge on any atom is -0.393 e. The van der Waals surface area contributed by atoms with Gasteiger partial charge in [-0.25, -0.2) is 9.18 Å². The van der Waals surface area contributed by atoms with Crippen LogP contribution in [0.3, 0.4) is 0 Å². The van der Waals surface area contributed by atoms with E-state index in [-0.39, 0.29) is 0 Å². The number of H-pyrrole nitrogens is 1. The molecule has 0 aromatic carbocycles. The minimum absolute atomic E-state index is 0.503. The Morgan fingerprint density at radius 1 is 1.56 bits per heavy atom. The fourth-order valence-corrected chi connectivity index (χ4v) is 1.42. The van der Waals surface area contributed by atoms with E-state index in [4.69, 9.17) is 9.84 Å². The van der Waals surface area contributed by atoms with E-state index in [9.17, 15) is 14.0 Å². The highest BCUT2D eigenvalue weighted by atomic mass is 19.1. The van der Waals surface area contributed by atoms with Crippen LogP contribution in [-0.4, -0.2) is 27.4 Å². The Labute approximate surface area is 88.6 Å². The number of nitrogens with zero attached hydrogens (tertiary/aromatic N) is 1. The molecule has 0 aliphatic carbocycles. The van der Waals surface area contributed by atoms with Gasteiger partial charge in [-0.2, -0.15) is 0 Å². The number of ether oxygens (including phenoxy) is 1. The summed E-state index contributed by atoms with van der Waals surface area (Å²) in [4.78, 5) is 24.2. The van der Waals surface area contributed by atoms with Crippen LogP contribution in [0, 0.1) is 0 Å². The summed E-state index contributed by atoms with van der Waals surface area (Å²) in [7, 11) is 0. The van der Waals surface area contributed by atoms with E-state index in [1.165, 1.54) is 6.20 Å². The first-order chi connectivity index (χ1) is 7.61. The molecule has 6 nitrogen and oxygen atoms in total. The molecule has 1 unspecified atom stereocenters. The molecule has 0 saturated heterocycles. The topological polar surface area (TPSA) is 84.3 Å². The molecule has 0 spiro atoms. The number of aromatic nitrogens is 2. The number of aliphatic hydroxyl groups excluding tert-OH is 1. The summed E-state index contributed by atoms with van der Waals surface area (Å²) in [5.74, 6) is -0.634. The van der Waals surface area contributed by atoms with Gasteiger partial charge in [-0.1, -0.05) is 0 Å². The van der Waals surface area contributed by atoms with Crippen LogP contribution < -0.4 is 11.2 Å². The van der Waals surface area contributed by atoms with Crippen molar-refractivity contribution < 1.29 is 14.2 Å². The number of hydrogen-bond acceptors (Lipinski definition) is 4. The van der Waals surface area contributed by atoms with Crippen molar-refractivity contribution in [1.82, 2.24) is 9.55 Å². The number of hydrogen-bond donors (Lipinski definition) is 2. The van der Waals surface area contributed by atoms with Crippen molar-refractivity contribution in [2.75, 3.05) is 6.61 Å². The van der Waals surface area contributed by atoms with Crippen molar-refractivity contribution in [3.8, 4) is 0 Å². The van der Waals surface area contributed by atoms with Crippen LogP contribution in [0.4, 0.5) is 4.39 Å². The SMILES string of the molecule is O=c1ccn([C@@H]2C=C(F)C(CO)O2)c(=O)[nH]1. The average Bonchev–Trinajstić information content (AvgIpc) is 2.59. The van der Waals surface area contributed by atoms with Crippen LogP contribution >= 0.6 is 0 Å². The Hall–Kier alpha value is -1.73. The van der Waals surface area contributed by atoms with E-state index in [0.717, 1.165) is 16.7 Å². The van der Waals surface area contributed by atoms with Crippen molar-refractivity contribution in [1.29, 1.82) is 0 Å². The number of halogens is 1. The van der Waals surface area contributed by atoms with Gasteiger partial charge >= 0.3 is 5.69 Å². The average molecular weight is 228 g/mol. The Morgan fingerprint density at radius 3 is 2.88 bits per heavy atom. The second kappa shape index (κ2) is 4.03. The van der Waals surface area contributed by atoms with Gasteiger partial charge in [-0.05, 0) is 6.08 Å². The highest BCUT2D eigenvalue weighted by molar-refractivity contribution is 5.08. The highest BCUT2D eigenvalue weighted by Crippen LogP contribution is 2.26. The van der Waals surface area contributed by atoms with E-state index >= 15 is 0 Å². The molecule has 1 aliphatic heterocycles. The molecular weight excluding hydrogens is 219 g/mol. The summed E-state index contributed by atoms with van der Waals surface area (Å²) in [6.45, 7) is -0.503. The molecule has 0 radical (unpaired) electrons. The fourth-order valence-electron chi connectivity index (χ4n) is 1.42. The molecule has 0 saturated carbocycles. The molecule has 0 bridgehead atoms. The largest absolute Gasteiger partial charge is 0.393 e. The van der Waals surface area contributed by atoms with Gasteiger partial charge in [0.25, 0.3) is 5.56 Å². The molecule has 86 valence electrons. The van der Waals surface area contributed by atoms with Crippen LogP contribution in [0.5, 0.6) is 0 Å². The monoisotopic (exact) mass is 228 g/mol. The van der Waals surface area contributed by atoms with E-state index < -0.39 is 36.0 Å². The molecule has 2 rings (SSSR count). The number of aliphatic hydroxyl groups is 1. The maximum absolute atomic E-state index is 13.1. The maximum Gasteiger partial charge on any atom is 0.330 e.